The standard InChI is InChI=1S/C31H46N4O5S2/c1-20(2)23(19-21(3)27(36)34-42(39,40)24-17-14-18-41-24)35(10)29(38)26(30(4,5)6)33-28(37)25(32-9)31(7,8)22-15-12-11-13-16-22/h11-20,23,25-26,32H,1-10H3,(H,33,37)(H,34,36)/b21-19+/t23-,25-,26?/m1/s1. The minimum atomic E-state index is -4.00. The molecule has 2 aromatic rings. The average molecular weight is 619 g/mol. The lowest BCUT2D eigenvalue weighted by molar-refractivity contribution is -0.140. The van der Waals surface area contributed by atoms with Crippen molar-refractivity contribution in [3.05, 3.63) is 65.1 Å². The Labute approximate surface area is 255 Å². The van der Waals surface area contributed by atoms with Crippen molar-refractivity contribution in [1.29, 1.82) is 0 Å². The number of rotatable bonds is 12. The van der Waals surface area contributed by atoms with E-state index in [0.29, 0.717) is 0 Å². The highest BCUT2D eigenvalue weighted by molar-refractivity contribution is 7.92. The monoisotopic (exact) mass is 618 g/mol. The first-order valence-electron chi connectivity index (χ1n) is 13.9. The maximum atomic E-state index is 14.0. The van der Waals surface area contributed by atoms with Crippen LogP contribution in [0.2, 0.25) is 0 Å². The van der Waals surface area contributed by atoms with E-state index in [1.165, 1.54) is 17.9 Å². The van der Waals surface area contributed by atoms with Crippen LogP contribution >= 0.6 is 11.3 Å². The molecule has 3 amide bonds. The molecule has 0 fully saturated rings. The average Bonchev–Trinajstić information content (AvgIpc) is 3.45. The molecular formula is C31H46N4O5S2. The van der Waals surface area contributed by atoms with Crippen molar-refractivity contribution in [1.82, 2.24) is 20.3 Å². The van der Waals surface area contributed by atoms with Crippen LogP contribution in [0.4, 0.5) is 0 Å². The highest BCUT2D eigenvalue weighted by Crippen LogP contribution is 2.29. The Morgan fingerprint density at radius 2 is 1.55 bits per heavy atom. The number of thiophene rings is 1. The summed E-state index contributed by atoms with van der Waals surface area (Å²) in [6, 6.07) is 10.7. The van der Waals surface area contributed by atoms with Gasteiger partial charge in [0.05, 0.1) is 12.1 Å². The second kappa shape index (κ2) is 14.0. The van der Waals surface area contributed by atoms with Crippen LogP contribution in [-0.2, 0) is 29.8 Å². The molecule has 1 unspecified atom stereocenters. The van der Waals surface area contributed by atoms with Crippen LogP contribution < -0.4 is 15.4 Å². The number of amides is 3. The molecule has 11 heteroatoms. The van der Waals surface area contributed by atoms with E-state index >= 15 is 0 Å². The maximum absolute atomic E-state index is 14.0. The summed E-state index contributed by atoms with van der Waals surface area (Å²) in [5, 5.41) is 7.76. The van der Waals surface area contributed by atoms with Gasteiger partial charge in [-0.15, -0.1) is 11.3 Å². The maximum Gasteiger partial charge on any atom is 0.273 e. The number of nitrogens with zero attached hydrogens (tertiary/aromatic N) is 1. The zero-order valence-electron chi connectivity index (χ0n) is 26.3. The fourth-order valence-electron chi connectivity index (χ4n) is 4.83. The Morgan fingerprint density at radius 3 is 2.02 bits per heavy atom. The molecular weight excluding hydrogens is 572 g/mol. The Morgan fingerprint density at radius 1 is 0.952 bits per heavy atom. The Balaban J connectivity index is 2.32. The van der Waals surface area contributed by atoms with Crippen molar-refractivity contribution in [2.24, 2.45) is 11.3 Å². The van der Waals surface area contributed by atoms with Crippen LogP contribution in [0.1, 0.15) is 61.0 Å². The normalized spacial score (nSPS) is 15.1. The van der Waals surface area contributed by atoms with Crippen molar-refractivity contribution in [3.8, 4) is 0 Å². The van der Waals surface area contributed by atoms with E-state index in [1.807, 2.05) is 78.8 Å². The van der Waals surface area contributed by atoms with Gasteiger partial charge in [0.1, 0.15) is 10.3 Å². The third kappa shape index (κ3) is 8.52. The van der Waals surface area contributed by atoms with E-state index in [1.54, 1.807) is 31.6 Å². The zero-order chi connectivity index (χ0) is 32.0. The number of likely N-dealkylation sites (N-methyl/N-ethyl adjacent to an activating group) is 2. The first-order valence-corrected chi connectivity index (χ1v) is 16.3. The molecule has 9 nitrogen and oxygen atoms in total. The second-order valence-corrected chi connectivity index (χ2v) is 15.4. The molecule has 2 rings (SSSR count). The molecule has 0 aliphatic carbocycles. The Kier molecular flexibility index (Phi) is 11.7. The van der Waals surface area contributed by atoms with Crippen molar-refractivity contribution in [2.45, 2.75) is 83.1 Å². The number of carbonyl (C=O) groups is 3. The predicted octanol–water partition coefficient (Wildman–Crippen LogP) is 4.08. The van der Waals surface area contributed by atoms with Crippen LogP contribution in [-0.4, -0.2) is 63.3 Å². The molecule has 42 heavy (non-hydrogen) atoms. The summed E-state index contributed by atoms with van der Waals surface area (Å²) >= 11 is 1.01. The summed E-state index contributed by atoms with van der Waals surface area (Å²) in [6.07, 6.45) is 1.60. The van der Waals surface area contributed by atoms with Gasteiger partial charge in [0, 0.05) is 18.0 Å². The molecule has 0 radical (unpaired) electrons. The van der Waals surface area contributed by atoms with Crippen LogP contribution in [0.25, 0.3) is 0 Å². The van der Waals surface area contributed by atoms with Gasteiger partial charge in [0.2, 0.25) is 11.8 Å². The molecule has 0 aliphatic rings. The topological polar surface area (TPSA) is 125 Å². The fourth-order valence-corrected chi connectivity index (χ4v) is 6.84. The molecule has 0 bridgehead atoms. The number of sulfonamides is 1. The number of hydrogen-bond donors (Lipinski definition) is 3. The van der Waals surface area contributed by atoms with Gasteiger partial charge in [-0.05, 0) is 42.3 Å². The van der Waals surface area contributed by atoms with Gasteiger partial charge in [-0.3, -0.25) is 14.4 Å². The van der Waals surface area contributed by atoms with Crippen molar-refractivity contribution < 1.29 is 22.8 Å². The van der Waals surface area contributed by atoms with Gasteiger partial charge in [0.25, 0.3) is 15.9 Å². The summed E-state index contributed by atoms with van der Waals surface area (Å²) < 4.78 is 27.2. The van der Waals surface area contributed by atoms with Gasteiger partial charge in [-0.1, -0.05) is 90.9 Å². The first kappa shape index (κ1) is 35.2. The first-order chi connectivity index (χ1) is 19.3. The highest BCUT2D eigenvalue weighted by atomic mass is 32.2. The molecule has 0 aliphatic heterocycles. The zero-order valence-corrected chi connectivity index (χ0v) is 27.9. The van der Waals surface area contributed by atoms with Crippen LogP contribution in [0.5, 0.6) is 0 Å². The minimum absolute atomic E-state index is 0.0374. The highest BCUT2D eigenvalue weighted by Gasteiger charge is 2.41. The molecule has 232 valence electrons. The third-order valence-electron chi connectivity index (χ3n) is 7.43. The predicted molar refractivity (Wildman–Crippen MR) is 169 cm³/mol. The number of benzene rings is 1. The van der Waals surface area contributed by atoms with Crippen molar-refractivity contribution in [3.63, 3.8) is 0 Å². The summed E-state index contributed by atoms with van der Waals surface area (Å²) in [4.78, 5) is 42.1. The quantitative estimate of drug-likeness (QED) is 0.308. The smallest absolute Gasteiger partial charge is 0.273 e. The van der Waals surface area contributed by atoms with Crippen LogP contribution in [0.3, 0.4) is 0 Å². The summed E-state index contributed by atoms with van der Waals surface area (Å²) in [5.41, 5.74) is -0.0724. The van der Waals surface area contributed by atoms with Gasteiger partial charge < -0.3 is 15.5 Å². The van der Waals surface area contributed by atoms with Crippen LogP contribution in [0, 0.1) is 11.3 Å². The minimum Gasteiger partial charge on any atom is -0.342 e. The molecule has 0 spiro atoms. The molecule has 0 saturated carbocycles. The van der Waals surface area contributed by atoms with E-state index in [9.17, 15) is 22.8 Å². The fraction of sp³-hybridized carbons (Fsp3) is 0.516. The SMILES string of the molecule is CN[C@H](C(=O)NC(C(=O)N(C)[C@H](/C=C(\C)C(=O)NS(=O)(=O)c1cccs1)C(C)C)C(C)(C)C)C(C)(C)c1ccccc1. The molecule has 0 saturated heterocycles. The van der Waals surface area contributed by atoms with Gasteiger partial charge >= 0.3 is 0 Å². The number of hydrogen-bond acceptors (Lipinski definition) is 7. The molecule has 3 N–H and O–H groups in total. The molecule has 3 atom stereocenters. The van der Waals surface area contributed by atoms with Crippen LogP contribution in [0.15, 0.2) is 63.7 Å². The van der Waals surface area contributed by atoms with E-state index in [2.05, 4.69) is 15.4 Å². The van der Waals surface area contributed by atoms with E-state index in [-0.39, 0.29) is 27.5 Å². The third-order valence-corrected chi connectivity index (χ3v) is 10.2. The van der Waals surface area contributed by atoms with Gasteiger partial charge in [-0.2, -0.15) is 0 Å². The molecule has 1 aromatic carbocycles. The van der Waals surface area contributed by atoms with E-state index < -0.39 is 44.9 Å². The Hall–Kier alpha value is -3.02. The lowest BCUT2D eigenvalue weighted by atomic mass is 9.76. The molecule has 1 heterocycles. The summed E-state index contributed by atoms with van der Waals surface area (Å²) in [5.74, 6) is -1.51. The number of carbonyl (C=O) groups excluding carboxylic acids is 3. The van der Waals surface area contributed by atoms with E-state index in [0.717, 1.165) is 16.9 Å². The van der Waals surface area contributed by atoms with E-state index in [4.69, 9.17) is 0 Å². The van der Waals surface area contributed by atoms with Crippen molar-refractivity contribution >= 4 is 39.1 Å². The summed E-state index contributed by atoms with van der Waals surface area (Å²) in [6.45, 7) is 14.9. The largest absolute Gasteiger partial charge is 0.342 e. The second-order valence-electron chi connectivity index (χ2n) is 12.5. The Bertz CT molecular complexity index is 1360. The molecule has 1 aromatic heterocycles. The lowest BCUT2D eigenvalue weighted by Gasteiger charge is -2.40. The van der Waals surface area contributed by atoms with Gasteiger partial charge in [0.15, 0.2) is 0 Å². The lowest BCUT2D eigenvalue weighted by Crippen LogP contribution is -2.61. The van der Waals surface area contributed by atoms with Gasteiger partial charge in [-0.25, -0.2) is 13.1 Å². The number of nitrogens with one attached hydrogen (secondary N) is 3. The summed E-state index contributed by atoms with van der Waals surface area (Å²) in [7, 11) is -0.645. The van der Waals surface area contributed by atoms with Crippen molar-refractivity contribution in [2.75, 3.05) is 14.1 Å².